The Morgan fingerprint density at radius 3 is 2.58 bits per heavy atom. The van der Waals surface area contributed by atoms with Crippen LogP contribution in [-0.4, -0.2) is 19.9 Å². The molecule has 0 aliphatic carbocycles. The van der Waals surface area contributed by atoms with Crippen LogP contribution in [-0.2, 0) is 9.84 Å². The summed E-state index contributed by atoms with van der Waals surface area (Å²) in [5.41, 5.74) is -0.702. The van der Waals surface area contributed by atoms with Crippen molar-refractivity contribution < 1.29 is 30.7 Å². The third-order valence-corrected chi connectivity index (χ3v) is 5.93. The van der Waals surface area contributed by atoms with Crippen LogP contribution in [0.3, 0.4) is 0 Å². The average Bonchev–Trinajstić information content (AvgIpc) is 2.76. The molecule has 0 amide bonds. The van der Waals surface area contributed by atoms with Gasteiger partial charge in [-0.3, -0.25) is 0 Å². The maximum Gasteiger partial charge on any atom is 0.333 e. The first-order chi connectivity index (χ1) is 12.0. The van der Waals surface area contributed by atoms with Gasteiger partial charge in [-0.25, -0.2) is 17.2 Å². The number of benzene rings is 2. The van der Waals surface area contributed by atoms with Crippen LogP contribution >= 0.6 is 11.8 Å². The van der Waals surface area contributed by atoms with E-state index in [1.54, 1.807) is 6.07 Å². The van der Waals surface area contributed by atoms with Gasteiger partial charge in [0.2, 0.25) is 6.17 Å². The second-order valence-corrected chi connectivity index (χ2v) is 8.63. The lowest BCUT2D eigenvalue weighted by Gasteiger charge is -2.14. The van der Waals surface area contributed by atoms with E-state index in [2.05, 4.69) is 0 Å². The Kier molecular flexibility index (Phi) is 4.40. The van der Waals surface area contributed by atoms with Crippen LogP contribution in [0.25, 0.3) is 0 Å². The molecular weight excluding hydrogens is 394 g/mol. The number of sulfone groups is 1. The number of nitriles is 1. The Labute approximate surface area is 150 Å². The molecule has 136 valence electrons. The number of halogens is 4. The van der Waals surface area contributed by atoms with Crippen molar-refractivity contribution in [2.45, 2.75) is 21.2 Å². The lowest BCUT2D eigenvalue weighted by Crippen LogP contribution is -2.12. The SMILES string of the molecule is CS(=O)(=O)c1ccc(Oc2cc(F)cc(C#N)c2)c2c1SC(F)(F)C2F. The van der Waals surface area contributed by atoms with Crippen LogP contribution in [0, 0.1) is 17.1 Å². The number of hydrogen-bond acceptors (Lipinski definition) is 5. The Bertz CT molecular complexity index is 1050. The van der Waals surface area contributed by atoms with Crippen molar-refractivity contribution in [2.24, 2.45) is 0 Å². The van der Waals surface area contributed by atoms with E-state index in [4.69, 9.17) is 10.00 Å². The maximum absolute atomic E-state index is 14.3. The van der Waals surface area contributed by atoms with E-state index in [0.717, 1.165) is 36.6 Å². The van der Waals surface area contributed by atoms with Crippen molar-refractivity contribution in [3.05, 3.63) is 47.3 Å². The van der Waals surface area contributed by atoms with Gasteiger partial charge in [0.1, 0.15) is 17.3 Å². The van der Waals surface area contributed by atoms with Gasteiger partial charge in [0.25, 0.3) is 0 Å². The van der Waals surface area contributed by atoms with Crippen molar-refractivity contribution in [1.29, 1.82) is 5.26 Å². The zero-order chi connectivity index (χ0) is 19.3. The van der Waals surface area contributed by atoms with Gasteiger partial charge in [-0.2, -0.15) is 14.0 Å². The van der Waals surface area contributed by atoms with Crippen LogP contribution < -0.4 is 4.74 Å². The first kappa shape index (κ1) is 18.5. The molecule has 1 aliphatic rings. The molecule has 0 radical (unpaired) electrons. The van der Waals surface area contributed by atoms with Gasteiger partial charge in [0, 0.05) is 17.2 Å². The predicted octanol–water partition coefficient (Wildman–Crippen LogP) is 4.60. The van der Waals surface area contributed by atoms with E-state index >= 15 is 0 Å². The quantitative estimate of drug-likeness (QED) is 0.701. The van der Waals surface area contributed by atoms with Crippen molar-refractivity contribution in [2.75, 3.05) is 6.26 Å². The molecule has 10 heteroatoms. The molecule has 1 atom stereocenters. The average molecular weight is 403 g/mol. The molecule has 26 heavy (non-hydrogen) atoms. The number of hydrogen-bond donors (Lipinski definition) is 0. The third-order valence-electron chi connectivity index (χ3n) is 3.53. The molecule has 0 saturated carbocycles. The van der Waals surface area contributed by atoms with Crippen LogP contribution in [0.4, 0.5) is 17.6 Å². The Balaban J connectivity index is 2.15. The molecule has 1 heterocycles. The summed E-state index contributed by atoms with van der Waals surface area (Å²) < 4.78 is 84.4. The molecule has 0 spiro atoms. The van der Waals surface area contributed by atoms with E-state index in [9.17, 15) is 26.0 Å². The van der Waals surface area contributed by atoms with Crippen molar-refractivity contribution >= 4 is 21.6 Å². The van der Waals surface area contributed by atoms with Crippen LogP contribution in [0.2, 0.25) is 0 Å². The second-order valence-electron chi connectivity index (χ2n) is 5.49. The first-order valence-corrected chi connectivity index (χ1v) is 9.70. The molecular formula is C16H9F4NO3S2. The number of rotatable bonds is 3. The van der Waals surface area contributed by atoms with E-state index in [1.165, 1.54) is 0 Å². The molecule has 2 aromatic rings. The predicted molar refractivity (Wildman–Crippen MR) is 85.4 cm³/mol. The van der Waals surface area contributed by atoms with Gasteiger partial charge < -0.3 is 4.74 Å². The minimum atomic E-state index is -3.89. The monoisotopic (exact) mass is 403 g/mol. The smallest absolute Gasteiger partial charge is 0.333 e. The van der Waals surface area contributed by atoms with Crippen LogP contribution in [0.1, 0.15) is 17.3 Å². The summed E-state index contributed by atoms with van der Waals surface area (Å²) in [5.74, 6) is -1.39. The summed E-state index contributed by atoms with van der Waals surface area (Å²) in [6.45, 7) is 0. The highest BCUT2D eigenvalue weighted by Crippen LogP contribution is 2.60. The number of alkyl halides is 3. The van der Waals surface area contributed by atoms with Gasteiger partial charge in [-0.05, 0) is 36.0 Å². The summed E-state index contributed by atoms with van der Waals surface area (Å²) in [6, 6.07) is 6.73. The molecule has 0 bridgehead atoms. The molecule has 0 N–H and O–H groups in total. The van der Waals surface area contributed by atoms with Crippen molar-refractivity contribution in [1.82, 2.24) is 0 Å². The Morgan fingerprint density at radius 2 is 1.96 bits per heavy atom. The molecule has 0 aromatic heterocycles. The van der Waals surface area contributed by atoms with Gasteiger partial charge >= 0.3 is 5.25 Å². The summed E-state index contributed by atoms with van der Waals surface area (Å²) in [6.07, 6.45) is -1.98. The normalized spacial score (nSPS) is 18.2. The highest BCUT2D eigenvalue weighted by molar-refractivity contribution is 8.01. The zero-order valence-electron chi connectivity index (χ0n) is 13.0. The third kappa shape index (κ3) is 3.24. The van der Waals surface area contributed by atoms with Gasteiger partial charge in [-0.1, -0.05) is 0 Å². The Hall–Kier alpha value is -2.25. The minimum absolute atomic E-state index is 0.0825. The summed E-state index contributed by atoms with van der Waals surface area (Å²) in [4.78, 5) is -0.888. The number of ether oxygens (including phenoxy) is 1. The lowest BCUT2D eigenvalue weighted by molar-refractivity contribution is 0.0179. The fourth-order valence-corrected chi connectivity index (χ4v) is 4.77. The topological polar surface area (TPSA) is 67.2 Å². The molecule has 0 fully saturated rings. The van der Waals surface area contributed by atoms with Gasteiger partial charge in [0.15, 0.2) is 9.84 Å². The van der Waals surface area contributed by atoms with Gasteiger partial charge in [0.05, 0.1) is 22.1 Å². The number of thioether (sulfide) groups is 1. The van der Waals surface area contributed by atoms with E-state index < -0.39 is 42.4 Å². The fraction of sp³-hybridized carbons (Fsp3) is 0.188. The molecule has 2 aromatic carbocycles. The highest BCUT2D eigenvalue weighted by Gasteiger charge is 2.53. The van der Waals surface area contributed by atoms with E-state index in [0.29, 0.717) is 0 Å². The number of fused-ring (bicyclic) bond motifs is 1. The van der Waals surface area contributed by atoms with Gasteiger partial charge in [-0.15, -0.1) is 0 Å². The van der Waals surface area contributed by atoms with E-state index in [1.807, 2.05) is 0 Å². The largest absolute Gasteiger partial charge is 0.457 e. The maximum atomic E-state index is 14.3. The summed E-state index contributed by atoms with van der Waals surface area (Å²) >= 11 is -0.203. The van der Waals surface area contributed by atoms with Crippen molar-refractivity contribution in [3.63, 3.8) is 0 Å². The molecule has 3 rings (SSSR count). The molecule has 1 unspecified atom stereocenters. The number of nitrogens with zero attached hydrogens (tertiary/aromatic N) is 1. The van der Waals surface area contributed by atoms with Crippen molar-refractivity contribution in [3.8, 4) is 17.6 Å². The highest BCUT2D eigenvalue weighted by atomic mass is 32.2. The zero-order valence-corrected chi connectivity index (χ0v) is 14.6. The summed E-state index contributed by atoms with van der Waals surface area (Å²) in [5, 5.41) is 4.97. The van der Waals surface area contributed by atoms with Crippen LogP contribution in [0.15, 0.2) is 40.1 Å². The lowest BCUT2D eigenvalue weighted by atomic mass is 10.1. The molecule has 4 nitrogen and oxygen atoms in total. The second kappa shape index (κ2) is 6.17. The van der Waals surface area contributed by atoms with Crippen LogP contribution in [0.5, 0.6) is 11.5 Å². The molecule has 1 aliphatic heterocycles. The molecule has 0 saturated heterocycles. The standard InChI is InChI=1S/C16H9F4NO3S2/c1-26(22,23)12-3-2-11(13-14(12)25-16(19,20)15(13)18)24-10-5-8(7-21)4-9(17)6-10/h2-6,15H,1H3. The first-order valence-electron chi connectivity index (χ1n) is 6.99. The fourth-order valence-electron chi connectivity index (χ4n) is 2.46. The Morgan fingerprint density at radius 1 is 1.27 bits per heavy atom. The minimum Gasteiger partial charge on any atom is -0.457 e. The summed E-state index contributed by atoms with van der Waals surface area (Å²) in [7, 11) is -3.89. The van der Waals surface area contributed by atoms with E-state index in [-0.39, 0.29) is 28.8 Å².